The molecule has 0 aromatic carbocycles. The summed E-state index contributed by atoms with van der Waals surface area (Å²) in [6.45, 7) is 4.58. The molecule has 1 saturated heterocycles. The van der Waals surface area contributed by atoms with Gasteiger partial charge in [-0.2, -0.15) is 4.98 Å². The topological polar surface area (TPSA) is 77.4 Å². The van der Waals surface area contributed by atoms with E-state index in [-0.39, 0.29) is 12.1 Å². The van der Waals surface area contributed by atoms with Crippen LogP contribution in [0.3, 0.4) is 0 Å². The maximum atomic E-state index is 5.96. The molecule has 1 aromatic rings. The zero-order valence-electron chi connectivity index (χ0n) is 11.1. The Labute approximate surface area is 107 Å². The van der Waals surface area contributed by atoms with Crippen LogP contribution in [0.4, 0.5) is 0 Å². The Kier molecular flexibility index (Phi) is 4.68. The Morgan fingerprint density at radius 3 is 3.11 bits per heavy atom. The highest BCUT2D eigenvalue weighted by atomic mass is 16.5. The highest BCUT2D eigenvalue weighted by molar-refractivity contribution is 4.95. The predicted molar refractivity (Wildman–Crippen MR) is 67.1 cm³/mol. The average Bonchev–Trinajstić information content (AvgIpc) is 2.78. The smallest absolute Gasteiger partial charge is 0.228 e. The third-order valence-electron chi connectivity index (χ3n) is 3.14. The Morgan fingerprint density at radius 2 is 2.39 bits per heavy atom. The maximum absolute atomic E-state index is 5.96. The summed E-state index contributed by atoms with van der Waals surface area (Å²) in [5.74, 6) is 1.25. The molecular formula is C12H22N4O2. The number of likely N-dealkylation sites (N-methyl/N-ethyl adjacent to an activating group) is 1. The van der Waals surface area contributed by atoms with E-state index in [1.54, 1.807) is 0 Å². The van der Waals surface area contributed by atoms with E-state index < -0.39 is 0 Å². The molecule has 6 nitrogen and oxygen atoms in total. The fourth-order valence-electron chi connectivity index (χ4n) is 2.11. The first-order valence-corrected chi connectivity index (χ1v) is 6.57. The van der Waals surface area contributed by atoms with Gasteiger partial charge >= 0.3 is 0 Å². The summed E-state index contributed by atoms with van der Waals surface area (Å²) in [6.07, 6.45) is 2.60. The van der Waals surface area contributed by atoms with Crippen molar-refractivity contribution in [3.8, 4) is 0 Å². The fraction of sp³-hybridized carbons (Fsp3) is 0.833. The second kappa shape index (κ2) is 6.26. The van der Waals surface area contributed by atoms with Gasteiger partial charge in [0.25, 0.3) is 0 Å². The summed E-state index contributed by atoms with van der Waals surface area (Å²) in [7, 11) is 2.06. The van der Waals surface area contributed by atoms with E-state index >= 15 is 0 Å². The molecule has 2 unspecified atom stereocenters. The summed E-state index contributed by atoms with van der Waals surface area (Å²) in [4.78, 5) is 6.58. The third kappa shape index (κ3) is 3.51. The summed E-state index contributed by atoms with van der Waals surface area (Å²) in [5.41, 5.74) is 5.96. The van der Waals surface area contributed by atoms with Crippen molar-refractivity contribution in [1.29, 1.82) is 0 Å². The van der Waals surface area contributed by atoms with E-state index in [0.29, 0.717) is 24.7 Å². The van der Waals surface area contributed by atoms with Crippen LogP contribution in [0.2, 0.25) is 0 Å². The van der Waals surface area contributed by atoms with Crippen LogP contribution >= 0.6 is 0 Å². The van der Waals surface area contributed by atoms with Gasteiger partial charge in [-0.1, -0.05) is 18.5 Å². The van der Waals surface area contributed by atoms with Crippen LogP contribution in [-0.2, 0) is 11.2 Å². The number of nitrogens with zero attached hydrogens (tertiary/aromatic N) is 3. The molecule has 18 heavy (non-hydrogen) atoms. The summed E-state index contributed by atoms with van der Waals surface area (Å²) >= 11 is 0. The van der Waals surface area contributed by atoms with Crippen LogP contribution in [-0.4, -0.2) is 47.8 Å². The van der Waals surface area contributed by atoms with E-state index in [9.17, 15) is 0 Å². The van der Waals surface area contributed by atoms with E-state index in [4.69, 9.17) is 15.0 Å². The Hall–Kier alpha value is -0.980. The molecule has 2 atom stereocenters. The van der Waals surface area contributed by atoms with Gasteiger partial charge < -0.3 is 19.9 Å². The number of aromatic nitrogens is 2. The number of hydrogen-bond donors (Lipinski definition) is 1. The van der Waals surface area contributed by atoms with Crippen LogP contribution < -0.4 is 5.73 Å². The van der Waals surface area contributed by atoms with E-state index in [1.807, 2.05) is 0 Å². The van der Waals surface area contributed by atoms with Crippen molar-refractivity contribution in [2.24, 2.45) is 5.73 Å². The Morgan fingerprint density at radius 1 is 1.56 bits per heavy atom. The molecule has 2 N–H and O–H groups in total. The summed E-state index contributed by atoms with van der Waals surface area (Å²) in [5, 5.41) is 3.99. The minimum atomic E-state index is -0.0800. The van der Waals surface area contributed by atoms with Gasteiger partial charge in [0.15, 0.2) is 0 Å². The van der Waals surface area contributed by atoms with E-state index in [2.05, 4.69) is 29.0 Å². The monoisotopic (exact) mass is 254 g/mol. The second-order valence-corrected chi connectivity index (χ2v) is 4.92. The van der Waals surface area contributed by atoms with Gasteiger partial charge in [-0.3, -0.25) is 0 Å². The molecule has 6 heteroatoms. The highest BCUT2D eigenvalue weighted by Crippen LogP contribution is 2.19. The number of morpholine rings is 1. The number of nitrogens with two attached hydrogens (primary N) is 1. The molecule has 1 aliphatic heterocycles. The van der Waals surface area contributed by atoms with E-state index in [0.717, 1.165) is 25.9 Å². The van der Waals surface area contributed by atoms with Crippen molar-refractivity contribution in [2.75, 3.05) is 26.7 Å². The van der Waals surface area contributed by atoms with Crippen LogP contribution in [0, 0.1) is 0 Å². The van der Waals surface area contributed by atoms with Crippen molar-refractivity contribution in [3.05, 3.63) is 11.7 Å². The number of hydrogen-bond acceptors (Lipinski definition) is 6. The zero-order chi connectivity index (χ0) is 13.0. The lowest BCUT2D eigenvalue weighted by atomic mass is 10.1. The molecule has 0 aliphatic carbocycles. The molecule has 0 amide bonds. The minimum Gasteiger partial charge on any atom is -0.367 e. The largest absolute Gasteiger partial charge is 0.367 e. The molecule has 1 aliphatic rings. The van der Waals surface area contributed by atoms with Crippen molar-refractivity contribution in [1.82, 2.24) is 15.0 Å². The molecule has 0 spiro atoms. The van der Waals surface area contributed by atoms with E-state index in [1.165, 1.54) is 0 Å². The summed E-state index contributed by atoms with van der Waals surface area (Å²) < 4.78 is 10.9. The predicted octanol–water partition coefficient (Wildman–Crippen LogP) is 0.743. The van der Waals surface area contributed by atoms with Crippen molar-refractivity contribution >= 4 is 0 Å². The Balaban J connectivity index is 1.92. The van der Waals surface area contributed by atoms with Gasteiger partial charge in [-0.25, -0.2) is 0 Å². The molecule has 0 bridgehead atoms. The highest BCUT2D eigenvalue weighted by Gasteiger charge is 2.24. The lowest BCUT2D eigenvalue weighted by Gasteiger charge is -2.27. The second-order valence-electron chi connectivity index (χ2n) is 4.92. The quantitative estimate of drug-likeness (QED) is 0.835. The lowest BCUT2D eigenvalue weighted by Crippen LogP contribution is -2.35. The van der Waals surface area contributed by atoms with Gasteiger partial charge in [0.1, 0.15) is 6.10 Å². The number of ether oxygens (including phenoxy) is 1. The molecule has 2 rings (SSSR count). The first-order chi connectivity index (χ1) is 8.69. The molecule has 0 radical (unpaired) electrons. The summed E-state index contributed by atoms with van der Waals surface area (Å²) in [6, 6.07) is 0.0956. The van der Waals surface area contributed by atoms with Gasteiger partial charge in [0.2, 0.25) is 11.7 Å². The van der Waals surface area contributed by atoms with Crippen LogP contribution in [0.25, 0.3) is 0 Å². The van der Waals surface area contributed by atoms with Crippen molar-refractivity contribution < 1.29 is 9.26 Å². The van der Waals surface area contributed by atoms with Crippen LogP contribution in [0.15, 0.2) is 4.52 Å². The first-order valence-electron chi connectivity index (χ1n) is 6.57. The molecule has 102 valence electrons. The molecule has 1 aromatic heterocycles. The van der Waals surface area contributed by atoms with Gasteiger partial charge in [-0.15, -0.1) is 0 Å². The third-order valence-corrected chi connectivity index (χ3v) is 3.14. The number of rotatable bonds is 5. The standard InChI is InChI=1S/C12H22N4O2/c1-3-4-9(13)7-11-14-12(15-18-11)10-8-16(2)5-6-17-10/h9-10H,3-8,13H2,1-2H3. The zero-order valence-corrected chi connectivity index (χ0v) is 11.1. The SMILES string of the molecule is CCCC(N)Cc1nc(C2CN(C)CCO2)no1. The van der Waals surface area contributed by atoms with Gasteiger partial charge in [-0.05, 0) is 13.5 Å². The lowest BCUT2D eigenvalue weighted by molar-refractivity contribution is -0.0264. The van der Waals surface area contributed by atoms with Crippen molar-refractivity contribution in [2.45, 2.75) is 38.3 Å². The molecular weight excluding hydrogens is 232 g/mol. The van der Waals surface area contributed by atoms with Crippen molar-refractivity contribution in [3.63, 3.8) is 0 Å². The Bertz CT molecular complexity index is 369. The molecule has 2 heterocycles. The van der Waals surface area contributed by atoms with Gasteiger partial charge in [0.05, 0.1) is 6.61 Å². The fourth-order valence-corrected chi connectivity index (χ4v) is 2.11. The maximum Gasteiger partial charge on any atom is 0.228 e. The minimum absolute atomic E-state index is 0.0800. The normalized spacial score (nSPS) is 23.2. The first kappa shape index (κ1) is 13.5. The van der Waals surface area contributed by atoms with Crippen LogP contribution in [0.5, 0.6) is 0 Å². The molecule has 1 fully saturated rings. The van der Waals surface area contributed by atoms with Crippen LogP contribution in [0.1, 0.15) is 37.6 Å². The molecule has 0 saturated carbocycles. The van der Waals surface area contributed by atoms with Gasteiger partial charge in [0, 0.05) is 25.6 Å². The average molecular weight is 254 g/mol.